The molecule has 25 heavy (non-hydrogen) atoms. The summed E-state index contributed by atoms with van der Waals surface area (Å²) < 4.78 is 0.248. The summed E-state index contributed by atoms with van der Waals surface area (Å²) in [5, 5.41) is 7.79. The molecule has 0 bridgehead atoms. The Kier molecular flexibility index (Phi) is 11.8. The number of benzene rings is 2. The molecular weight excluding hydrogens is 425 g/mol. The molecule has 2 N–H and O–H groups in total. The molecule has 2 nitrogen and oxygen atoms in total. The second kappa shape index (κ2) is 13.6. The van der Waals surface area contributed by atoms with Gasteiger partial charge in [0.15, 0.2) is 0 Å². The second-order valence-electron chi connectivity index (χ2n) is 4.98. The fourth-order valence-electron chi connectivity index (χ4n) is 1.87. The van der Waals surface area contributed by atoms with Gasteiger partial charge >= 0.3 is 0 Å². The maximum atomic E-state index is 4.56. The number of nitrogens with one attached hydrogen (secondary N) is 2. The summed E-state index contributed by atoms with van der Waals surface area (Å²) in [6.45, 7) is 1.68. The van der Waals surface area contributed by atoms with Crippen molar-refractivity contribution in [1.82, 2.24) is 10.6 Å². The maximum absolute atomic E-state index is 4.56. The van der Waals surface area contributed by atoms with Crippen molar-refractivity contribution in [3.8, 4) is 0 Å². The molecule has 136 valence electrons. The summed E-state index contributed by atoms with van der Waals surface area (Å²) in [6, 6.07) is 20.8. The molecular formula is C17H22N2S6. The highest BCUT2D eigenvalue weighted by Crippen LogP contribution is 2.37. The van der Waals surface area contributed by atoms with Gasteiger partial charge in [0.25, 0.3) is 0 Å². The van der Waals surface area contributed by atoms with Crippen molar-refractivity contribution in [2.45, 2.75) is 22.5 Å². The second-order valence-corrected chi connectivity index (χ2v) is 12.0. The number of thiol groups is 2. The molecule has 0 fully saturated rings. The van der Waals surface area contributed by atoms with Crippen LogP contribution in [0.2, 0.25) is 0 Å². The molecule has 2 aromatic rings. The van der Waals surface area contributed by atoms with Gasteiger partial charge in [0, 0.05) is 13.1 Å². The molecule has 8 heteroatoms. The summed E-state index contributed by atoms with van der Waals surface area (Å²) in [5.41, 5.74) is 2.55. The van der Waals surface area contributed by atoms with Crippen LogP contribution in [0.3, 0.4) is 0 Å². The molecule has 0 aliphatic heterocycles. The Morgan fingerprint density at radius 1 is 0.680 bits per heavy atom. The zero-order chi connectivity index (χ0) is 17.7. The normalized spacial score (nSPS) is 13.5. The van der Waals surface area contributed by atoms with Gasteiger partial charge < -0.3 is 0 Å². The van der Waals surface area contributed by atoms with Crippen LogP contribution in [-0.4, -0.2) is 14.5 Å². The van der Waals surface area contributed by atoms with Crippen molar-refractivity contribution in [1.29, 1.82) is 0 Å². The zero-order valence-electron chi connectivity index (χ0n) is 13.6. The van der Waals surface area contributed by atoms with Gasteiger partial charge in [0.05, 0.1) is 5.08 Å². The van der Waals surface area contributed by atoms with E-state index in [9.17, 15) is 0 Å². The Labute approximate surface area is 177 Å². The van der Waals surface area contributed by atoms with Gasteiger partial charge in [-0.2, -0.15) is 0 Å². The molecule has 0 saturated carbocycles. The quantitative estimate of drug-likeness (QED) is 0.144. The van der Waals surface area contributed by atoms with E-state index >= 15 is 0 Å². The van der Waals surface area contributed by atoms with Gasteiger partial charge in [0.2, 0.25) is 0 Å². The van der Waals surface area contributed by atoms with E-state index < -0.39 is 0 Å². The Hall–Kier alpha value is 0.460. The van der Waals surface area contributed by atoms with E-state index in [2.05, 4.69) is 84.4 Å². The van der Waals surface area contributed by atoms with Gasteiger partial charge in [-0.05, 0) is 11.1 Å². The Morgan fingerprint density at radius 3 is 1.48 bits per heavy atom. The van der Waals surface area contributed by atoms with Gasteiger partial charge in [-0.3, -0.25) is 10.6 Å². The van der Waals surface area contributed by atoms with Crippen LogP contribution in [0.25, 0.3) is 0 Å². The molecule has 0 aliphatic carbocycles. The number of hydrogen-bond acceptors (Lipinski definition) is 8. The first-order valence-corrected chi connectivity index (χ1v) is 13.5. The highest BCUT2D eigenvalue weighted by molar-refractivity contribution is 8.86. The predicted octanol–water partition coefficient (Wildman–Crippen LogP) is 5.71. The first-order chi connectivity index (χ1) is 12.2. The van der Waals surface area contributed by atoms with Gasteiger partial charge in [-0.15, -0.1) is 25.3 Å². The highest BCUT2D eigenvalue weighted by atomic mass is 33.1. The van der Waals surface area contributed by atoms with Crippen LogP contribution in [0.5, 0.6) is 0 Å². The lowest BCUT2D eigenvalue weighted by Gasteiger charge is -2.13. The Morgan fingerprint density at radius 2 is 1.08 bits per heavy atom. The average molecular weight is 447 g/mol. The standard InChI is InChI=1S/C17H22N2S6/c20-16(18-11-14-7-3-1-4-8-14)24-22-13-23-25-17(21)19-12-15-9-5-2-6-10-15/h1-10,16-21H,11-13H2. The SMILES string of the molecule is SC(NCc1ccccc1)SSCSSC(S)NCc1ccccc1. The molecule has 0 radical (unpaired) electrons. The van der Waals surface area contributed by atoms with Crippen molar-refractivity contribution in [2.24, 2.45) is 0 Å². The van der Waals surface area contributed by atoms with Crippen molar-refractivity contribution in [2.75, 3.05) is 5.08 Å². The third-order valence-corrected chi connectivity index (χ3v) is 10.4. The Balaban J connectivity index is 1.47. The van der Waals surface area contributed by atoms with Crippen LogP contribution in [-0.2, 0) is 13.1 Å². The van der Waals surface area contributed by atoms with Gasteiger partial charge in [-0.25, -0.2) is 0 Å². The third kappa shape index (κ3) is 10.4. The molecule has 0 saturated heterocycles. The van der Waals surface area contributed by atoms with Crippen molar-refractivity contribution < 1.29 is 0 Å². The van der Waals surface area contributed by atoms with E-state index in [0.717, 1.165) is 18.2 Å². The van der Waals surface area contributed by atoms with Crippen LogP contribution in [0.4, 0.5) is 0 Å². The smallest absolute Gasteiger partial charge is 0.108 e. The van der Waals surface area contributed by atoms with Crippen LogP contribution in [0.15, 0.2) is 60.7 Å². The first kappa shape index (κ1) is 21.8. The van der Waals surface area contributed by atoms with E-state index in [4.69, 9.17) is 0 Å². The molecule has 2 aromatic carbocycles. The summed E-state index contributed by atoms with van der Waals surface area (Å²) in [4.78, 5) is 0. The van der Waals surface area contributed by atoms with Gasteiger partial charge in [0.1, 0.15) is 9.41 Å². The lowest BCUT2D eigenvalue weighted by molar-refractivity contribution is 0.772. The summed E-state index contributed by atoms with van der Waals surface area (Å²) in [5.74, 6) is 0. The topological polar surface area (TPSA) is 24.1 Å². The summed E-state index contributed by atoms with van der Waals surface area (Å²) in [6.07, 6.45) is 0. The van der Waals surface area contributed by atoms with Crippen LogP contribution < -0.4 is 10.6 Å². The lowest BCUT2D eigenvalue weighted by atomic mass is 10.2. The molecule has 2 atom stereocenters. The highest BCUT2D eigenvalue weighted by Gasteiger charge is 2.06. The van der Waals surface area contributed by atoms with Crippen molar-refractivity contribution >= 4 is 68.4 Å². The van der Waals surface area contributed by atoms with Crippen LogP contribution in [0.1, 0.15) is 11.1 Å². The van der Waals surface area contributed by atoms with Gasteiger partial charge in [-0.1, -0.05) is 104 Å². The minimum Gasteiger partial charge on any atom is -0.292 e. The average Bonchev–Trinajstić information content (AvgIpc) is 2.66. The molecule has 0 spiro atoms. The third-order valence-electron chi connectivity index (χ3n) is 3.06. The largest absolute Gasteiger partial charge is 0.292 e. The van der Waals surface area contributed by atoms with E-state index in [-0.39, 0.29) is 9.41 Å². The maximum Gasteiger partial charge on any atom is 0.108 e. The minimum absolute atomic E-state index is 0.124. The van der Waals surface area contributed by atoms with Crippen LogP contribution in [0, 0.1) is 0 Å². The predicted molar refractivity (Wildman–Crippen MR) is 127 cm³/mol. The van der Waals surface area contributed by atoms with E-state index in [1.807, 2.05) is 33.7 Å². The Bertz CT molecular complexity index is 520. The van der Waals surface area contributed by atoms with Crippen molar-refractivity contribution in [3.63, 3.8) is 0 Å². The van der Waals surface area contributed by atoms with Crippen molar-refractivity contribution in [3.05, 3.63) is 71.8 Å². The molecule has 2 unspecified atom stereocenters. The fraction of sp³-hybridized carbons (Fsp3) is 0.294. The van der Waals surface area contributed by atoms with E-state index in [0.29, 0.717) is 0 Å². The van der Waals surface area contributed by atoms with E-state index in [1.54, 1.807) is 21.6 Å². The monoisotopic (exact) mass is 446 g/mol. The zero-order valence-corrected chi connectivity index (χ0v) is 18.6. The summed E-state index contributed by atoms with van der Waals surface area (Å²) in [7, 11) is 7.12. The molecule has 0 amide bonds. The van der Waals surface area contributed by atoms with E-state index in [1.165, 1.54) is 11.1 Å². The lowest BCUT2D eigenvalue weighted by Crippen LogP contribution is -2.19. The summed E-state index contributed by atoms with van der Waals surface area (Å²) >= 11 is 9.13. The molecule has 0 aromatic heterocycles. The first-order valence-electron chi connectivity index (χ1n) is 7.71. The number of hydrogen-bond donors (Lipinski definition) is 4. The minimum atomic E-state index is 0.124. The molecule has 2 rings (SSSR count). The fourth-order valence-corrected chi connectivity index (χ4v) is 7.91. The number of rotatable bonds is 12. The molecule has 0 heterocycles. The van der Waals surface area contributed by atoms with Crippen LogP contribution >= 0.6 is 68.4 Å². The molecule has 0 aliphatic rings.